The summed E-state index contributed by atoms with van der Waals surface area (Å²) in [5.41, 5.74) is 2.09. The fourth-order valence-corrected chi connectivity index (χ4v) is 6.70. The van der Waals surface area contributed by atoms with E-state index in [0.717, 1.165) is 35.3 Å². The summed E-state index contributed by atoms with van der Waals surface area (Å²) in [6, 6.07) is 26.1. The van der Waals surface area contributed by atoms with Crippen molar-refractivity contribution >= 4 is 17.7 Å². The summed E-state index contributed by atoms with van der Waals surface area (Å²) in [6.45, 7) is 2.60. The summed E-state index contributed by atoms with van der Waals surface area (Å²) in [7, 11) is 1.63. The molecule has 2 aliphatic rings. The van der Waals surface area contributed by atoms with Gasteiger partial charge in [0.2, 0.25) is 17.7 Å². The summed E-state index contributed by atoms with van der Waals surface area (Å²) < 4.78 is 5.33. The highest BCUT2D eigenvalue weighted by atomic mass is 16.5. The van der Waals surface area contributed by atoms with E-state index in [0.29, 0.717) is 51.1 Å². The van der Waals surface area contributed by atoms with Gasteiger partial charge >= 0.3 is 0 Å². The number of aryl methyl sites for hydroxylation is 1. The molecule has 3 aromatic carbocycles. The molecule has 0 bridgehead atoms. The van der Waals surface area contributed by atoms with Crippen molar-refractivity contribution in [1.29, 1.82) is 0 Å². The van der Waals surface area contributed by atoms with E-state index in [1.807, 2.05) is 84.9 Å². The zero-order valence-electron chi connectivity index (χ0n) is 27.5. The lowest BCUT2D eigenvalue weighted by molar-refractivity contribution is -0.143. The summed E-state index contributed by atoms with van der Waals surface area (Å²) in [5.74, 6) is 0.451. The molecule has 0 aromatic heterocycles. The Kier molecular flexibility index (Phi) is 11.7. The Balaban J connectivity index is 1.34. The van der Waals surface area contributed by atoms with Gasteiger partial charge in [-0.1, -0.05) is 85.6 Å². The van der Waals surface area contributed by atoms with Crippen molar-refractivity contribution in [3.63, 3.8) is 0 Å². The van der Waals surface area contributed by atoms with Crippen LogP contribution in [-0.2, 0) is 33.8 Å². The fourth-order valence-electron chi connectivity index (χ4n) is 6.70. The molecule has 0 radical (unpaired) electrons. The summed E-state index contributed by atoms with van der Waals surface area (Å²) >= 11 is 0. The van der Waals surface area contributed by atoms with Crippen LogP contribution in [0.5, 0.6) is 5.75 Å². The van der Waals surface area contributed by atoms with Gasteiger partial charge in [0, 0.05) is 26.6 Å². The smallest absolute Gasteiger partial charge is 0.249 e. The van der Waals surface area contributed by atoms with Gasteiger partial charge in [-0.2, -0.15) is 0 Å². The second-order valence-electron chi connectivity index (χ2n) is 13.1. The molecule has 47 heavy (non-hydrogen) atoms. The van der Waals surface area contributed by atoms with E-state index in [2.05, 4.69) is 16.0 Å². The molecular weight excluding hydrogens is 592 g/mol. The van der Waals surface area contributed by atoms with E-state index in [-0.39, 0.29) is 24.3 Å². The minimum absolute atomic E-state index is 0.187. The molecule has 9 nitrogen and oxygen atoms in total. The molecule has 1 unspecified atom stereocenters. The van der Waals surface area contributed by atoms with Crippen LogP contribution in [0.2, 0.25) is 0 Å². The van der Waals surface area contributed by atoms with Crippen LogP contribution in [0, 0.1) is 5.92 Å². The number of aliphatic hydroxyl groups excluding tert-OH is 1. The molecule has 1 aliphatic heterocycles. The first-order valence-corrected chi connectivity index (χ1v) is 16.8. The molecule has 9 heteroatoms. The minimum atomic E-state index is -0.981. The average molecular weight is 641 g/mol. The Hall–Kier alpha value is -4.21. The predicted octanol–water partition coefficient (Wildman–Crippen LogP) is 3.78. The fraction of sp³-hybridized carbons (Fsp3) is 0.447. The summed E-state index contributed by atoms with van der Waals surface area (Å²) in [6.07, 6.45) is 3.72. The van der Waals surface area contributed by atoms with Gasteiger partial charge < -0.3 is 30.7 Å². The van der Waals surface area contributed by atoms with E-state index in [1.54, 1.807) is 12.0 Å². The SMILES string of the molecule is COc1cccc(CNC[C@@H](O)[C@H](Cc2ccccc2)NC(=O)C(CCc2ccccc2)N2CC[C@@](CC3CC3)(NC(C)=O)C2=O)c1. The molecule has 3 aromatic rings. The van der Waals surface area contributed by atoms with Crippen molar-refractivity contribution < 1.29 is 24.2 Å². The number of ether oxygens (including phenoxy) is 1. The third-order valence-corrected chi connectivity index (χ3v) is 9.33. The third-order valence-electron chi connectivity index (χ3n) is 9.33. The second-order valence-corrected chi connectivity index (χ2v) is 13.1. The number of nitrogens with one attached hydrogen (secondary N) is 3. The molecular formula is C38H48N4O5. The van der Waals surface area contributed by atoms with Gasteiger partial charge in [-0.3, -0.25) is 14.4 Å². The molecule has 2 fully saturated rings. The number of hydrogen-bond acceptors (Lipinski definition) is 6. The van der Waals surface area contributed by atoms with Crippen molar-refractivity contribution in [3.05, 3.63) is 102 Å². The van der Waals surface area contributed by atoms with Gasteiger partial charge in [-0.15, -0.1) is 0 Å². The molecule has 250 valence electrons. The number of nitrogens with zero attached hydrogens (tertiary/aromatic N) is 1. The Labute approximate surface area is 278 Å². The van der Waals surface area contributed by atoms with Crippen LogP contribution in [0.25, 0.3) is 0 Å². The van der Waals surface area contributed by atoms with Crippen LogP contribution in [0.1, 0.15) is 55.7 Å². The van der Waals surface area contributed by atoms with Crippen molar-refractivity contribution in [2.45, 2.75) is 82.1 Å². The molecule has 4 N–H and O–H groups in total. The number of carbonyl (C=O) groups is 3. The van der Waals surface area contributed by atoms with Crippen molar-refractivity contribution in [2.75, 3.05) is 20.2 Å². The zero-order valence-corrected chi connectivity index (χ0v) is 27.5. The largest absolute Gasteiger partial charge is 0.497 e. The molecule has 5 rings (SSSR count). The number of likely N-dealkylation sites (tertiary alicyclic amines) is 1. The highest BCUT2D eigenvalue weighted by molar-refractivity contribution is 5.96. The molecule has 3 amide bonds. The minimum Gasteiger partial charge on any atom is -0.497 e. The standard InChI is InChI=1S/C38H48N4O5/c1-27(43)41-38(24-30-16-17-30)20-21-42(37(38)46)34(19-18-28-10-5-3-6-11-28)36(45)40-33(23-29-12-7-4-8-13-29)35(44)26-39-25-31-14-9-15-32(22-31)47-2/h3-15,22,30,33-35,39,44H,16-21,23-26H2,1-2H3,(H,40,45)(H,41,43)/t33-,34?,35+,38-/m0/s1. The molecule has 0 spiro atoms. The quantitative estimate of drug-likeness (QED) is 0.178. The van der Waals surface area contributed by atoms with E-state index >= 15 is 0 Å². The normalized spacial score (nSPS) is 19.6. The average Bonchev–Trinajstić information content (AvgIpc) is 3.84. The first kappa shape index (κ1) is 34.1. The Morgan fingerprint density at radius 3 is 2.32 bits per heavy atom. The highest BCUT2D eigenvalue weighted by Gasteiger charge is 2.52. The number of methoxy groups -OCH3 is 1. The van der Waals surface area contributed by atoms with Crippen molar-refractivity contribution in [1.82, 2.24) is 20.9 Å². The topological polar surface area (TPSA) is 120 Å². The molecule has 1 saturated heterocycles. The monoisotopic (exact) mass is 640 g/mol. The first-order chi connectivity index (χ1) is 22.8. The van der Waals surface area contributed by atoms with Crippen LogP contribution in [0.4, 0.5) is 0 Å². The third kappa shape index (κ3) is 9.42. The van der Waals surface area contributed by atoms with Gasteiger partial charge in [-0.05, 0) is 66.8 Å². The van der Waals surface area contributed by atoms with Crippen molar-refractivity contribution in [3.8, 4) is 5.75 Å². The van der Waals surface area contributed by atoms with E-state index < -0.39 is 23.7 Å². The van der Waals surface area contributed by atoms with Gasteiger partial charge in [-0.25, -0.2) is 0 Å². The summed E-state index contributed by atoms with van der Waals surface area (Å²) in [5, 5.41) is 20.9. The Bertz CT molecular complexity index is 1480. The molecule has 1 aliphatic carbocycles. The van der Waals surface area contributed by atoms with Gasteiger partial charge in [0.25, 0.3) is 0 Å². The number of rotatable bonds is 17. The summed E-state index contributed by atoms with van der Waals surface area (Å²) in [4.78, 5) is 42.4. The van der Waals surface area contributed by atoms with Crippen LogP contribution in [0.3, 0.4) is 0 Å². The molecule has 1 saturated carbocycles. The Morgan fingerprint density at radius 2 is 1.66 bits per heavy atom. The lowest BCUT2D eigenvalue weighted by Crippen LogP contribution is -2.59. The predicted molar refractivity (Wildman–Crippen MR) is 182 cm³/mol. The van der Waals surface area contributed by atoms with E-state index in [1.165, 1.54) is 6.92 Å². The number of amides is 3. The molecule has 1 heterocycles. The first-order valence-electron chi connectivity index (χ1n) is 16.8. The number of benzene rings is 3. The molecule has 4 atom stereocenters. The van der Waals surface area contributed by atoms with Crippen LogP contribution in [-0.4, -0.2) is 71.7 Å². The number of hydrogen-bond donors (Lipinski definition) is 4. The highest BCUT2D eigenvalue weighted by Crippen LogP contribution is 2.41. The Morgan fingerprint density at radius 1 is 0.979 bits per heavy atom. The second kappa shape index (κ2) is 16.1. The van der Waals surface area contributed by atoms with Crippen LogP contribution < -0.4 is 20.7 Å². The maximum atomic E-state index is 14.3. The lowest BCUT2D eigenvalue weighted by Gasteiger charge is -2.33. The van der Waals surface area contributed by atoms with Gasteiger partial charge in [0.05, 0.1) is 19.3 Å². The number of carbonyl (C=O) groups excluding carboxylic acids is 3. The van der Waals surface area contributed by atoms with Gasteiger partial charge in [0.15, 0.2) is 0 Å². The van der Waals surface area contributed by atoms with E-state index in [4.69, 9.17) is 4.74 Å². The van der Waals surface area contributed by atoms with Gasteiger partial charge in [0.1, 0.15) is 17.3 Å². The van der Waals surface area contributed by atoms with Crippen LogP contribution in [0.15, 0.2) is 84.9 Å². The maximum absolute atomic E-state index is 14.3. The number of aliphatic hydroxyl groups is 1. The lowest BCUT2D eigenvalue weighted by atomic mass is 9.90. The van der Waals surface area contributed by atoms with E-state index in [9.17, 15) is 19.5 Å². The zero-order chi connectivity index (χ0) is 33.2. The van der Waals surface area contributed by atoms with Crippen LogP contribution >= 0.6 is 0 Å². The van der Waals surface area contributed by atoms with Crippen molar-refractivity contribution in [2.24, 2.45) is 5.92 Å². The maximum Gasteiger partial charge on any atom is 0.249 e.